The number of alkyl halides is 1. The van der Waals surface area contributed by atoms with Crippen LogP contribution in [0.1, 0.15) is 96.8 Å². The molecule has 1 aliphatic rings. The third-order valence-corrected chi connectivity index (χ3v) is 6.67. The maximum Gasteiger partial charge on any atom is 0.242 e. The van der Waals surface area contributed by atoms with Crippen molar-refractivity contribution in [2.24, 2.45) is 5.73 Å². The number of carbonyl (C=O) groups is 1. The van der Waals surface area contributed by atoms with Crippen LogP contribution in [0.5, 0.6) is 0 Å². The van der Waals surface area contributed by atoms with Crippen LogP contribution in [0.15, 0.2) is 12.3 Å². The van der Waals surface area contributed by atoms with Gasteiger partial charge in [-0.3, -0.25) is 4.79 Å². The summed E-state index contributed by atoms with van der Waals surface area (Å²) in [4.78, 5) is 10.8. The van der Waals surface area contributed by atoms with Gasteiger partial charge in [0, 0.05) is 23.3 Å². The molecule has 1 saturated heterocycles. The van der Waals surface area contributed by atoms with Crippen LogP contribution in [0, 0.1) is 0 Å². The molecule has 0 aromatic heterocycles. The number of ether oxygens (including phenoxy) is 2. The summed E-state index contributed by atoms with van der Waals surface area (Å²) in [6.07, 6.45) is 19.3. The van der Waals surface area contributed by atoms with Crippen LogP contribution in [0.25, 0.3) is 0 Å². The fourth-order valence-corrected chi connectivity index (χ4v) is 4.65. The average molecular weight is 553 g/mol. The predicted octanol–water partition coefficient (Wildman–Crippen LogP) is 4.96. The van der Waals surface area contributed by atoms with E-state index in [1.165, 1.54) is 89.3 Å². The molecular weight excluding hydrogens is 507 g/mol. The molecule has 182 valence electrons. The van der Waals surface area contributed by atoms with Gasteiger partial charge in [-0.05, 0) is 6.42 Å². The first-order valence-electron chi connectivity index (χ1n) is 12.3. The number of aliphatic hydroxyl groups is 1. The quantitative estimate of drug-likeness (QED) is 0.0859. The highest BCUT2D eigenvalue weighted by molar-refractivity contribution is 14.1. The smallest absolute Gasteiger partial charge is 0.242 e. The molecule has 0 aromatic rings. The van der Waals surface area contributed by atoms with E-state index in [0.717, 1.165) is 12.8 Å². The van der Waals surface area contributed by atoms with E-state index in [-0.39, 0.29) is 6.10 Å². The van der Waals surface area contributed by atoms with Crippen LogP contribution in [-0.4, -0.2) is 46.6 Å². The lowest BCUT2D eigenvalue weighted by Crippen LogP contribution is -2.41. The number of hydrogen-bond donors (Lipinski definition) is 3. The molecule has 0 aromatic carbocycles. The van der Waals surface area contributed by atoms with Gasteiger partial charge in [0.15, 0.2) is 6.23 Å². The zero-order chi connectivity index (χ0) is 22.7. The van der Waals surface area contributed by atoms with E-state index >= 15 is 0 Å². The Morgan fingerprint density at radius 1 is 1.00 bits per heavy atom. The lowest BCUT2D eigenvalue weighted by Gasteiger charge is -2.21. The van der Waals surface area contributed by atoms with Gasteiger partial charge in [-0.1, -0.05) is 113 Å². The van der Waals surface area contributed by atoms with Crippen LogP contribution in [-0.2, 0) is 14.3 Å². The lowest BCUT2D eigenvalue weighted by atomic mass is 10.0. The van der Waals surface area contributed by atoms with Crippen molar-refractivity contribution < 1.29 is 19.4 Å². The monoisotopic (exact) mass is 552 g/mol. The largest absolute Gasteiger partial charge is 0.387 e. The minimum Gasteiger partial charge on any atom is -0.387 e. The zero-order valence-electron chi connectivity index (χ0n) is 19.4. The van der Waals surface area contributed by atoms with E-state index in [4.69, 9.17) is 15.2 Å². The fraction of sp³-hybridized carbons (Fsp3) is 0.875. The van der Waals surface area contributed by atoms with Crippen molar-refractivity contribution in [3.63, 3.8) is 0 Å². The second-order valence-electron chi connectivity index (χ2n) is 8.57. The molecule has 1 rings (SSSR count). The molecule has 0 bridgehead atoms. The van der Waals surface area contributed by atoms with Gasteiger partial charge in [0.1, 0.15) is 12.2 Å². The predicted molar refractivity (Wildman–Crippen MR) is 135 cm³/mol. The Morgan fingerprint density at radius 2 is 1.52 bits per heavy atom. The van der Waals surface area contributed by atoms with Crippen molar-refractivity contribution in [3.8, 4) is 0 Å². The van der Waals surface area contributed by atoms with Gasteiger partial charge in [-0.15, -0.1) is 0 Å². The standard InChI is InChI=1S/C24H45IN2O4/c1-2-3-4-5-6-7-8-9-10-11-12-13-14-15-18-30-23-22(29)20(19-25)31-24(23)27-17-16-21(26)28/h16-17,20,22-24,27,29H,2-15,18-19H2,1H3,(H2,26,28)/b17-16-/t20-,22?,23?,24-/m1/s1. The van der Waals surface area contributed by atoms with E-state index in [2.05, 4.69) is 34.8 Å². The van der Waals surface area contributed by atoms with E-state index in [1.54, 1.807) is 0 Å². The van der Waals surface area contributed by atoms with E-state index < -0.39 is 24.3 Å². The number of aliphatic hydroxyl groups excluding tert-OH is 1. The summed E-state index contributed by atoms with van der Waals surface area (Å²) >= 11 is 2.19. The minimum absolute atomic E-state index is 0.276. The second-order valence-corrected chi connectivity index (χ2v) is 9.45. The zero-order valence-corrected chi connectivity index (χ0v) is 21.6. The summed E-state index contributed by atoms with van der Waals surface area (Å²) in [5, 5.41) is 13.4. The van der Waals surface area contributed by atoms with Gasteiger partial charge in [-0.25, -0.2) is 0 Å². The molecule has 6 nitrogen and oxygen atoms in total. The Balaban J connectivity index is 2.03. The highest BCUT2D eigenvalue weighted by atomic mass is 127. The number of hydrogen-bond acceptors (Lipinski definition) is 5. The highest BCUT2D eigenvalue weighted by Crippen LogP contribution is 2.24. The molecule has 1 heterocycles. The van der Waals surface area contributed by atoms with E-state index in [0.29, 0.717) is 11.0 Å². The molecule has 4 N–H and O–H groups in total. The number of unbranched alkanes of at least 4 members (excludes halogenated alkanes) is 13. The van der Waals surface area contributed by atoms with Crippen LogP contribution in [0.4, 0.5) is 0 Å². The number of nitrogens with two attached hydrogens (primary N) is 1. The van der Waals surface area contributed by atoms with Gasteiger partial charge in [-0.2, -0.15) is 0 Å². The first-order valence-corrected chi connectivity index (χ1v) is 13.9. The molecule has 2 unspecified atom stereocenters. The number of nitrogens with one attached hydrogen (secondary N) is 1. The molecule has 0 spiro atoms. The van der Waals surface area contributed by atoms with Crippen LogP contribution in [0.3, 0.4) is 0 Å². The number of rotatable bonds is 20. The van der Waals surface area contributed by atoms with Crippen molar-refractivity contribution in [2.45, 2.75) is 121 Å². The molecule has 7 heteroatoms. The first kappa shape index (κ1) is 28.7. The summed E-state index contributed by atoms with van der Waals surface area (Å²) in [5.74, 6) is -0.531. The van der Waals surface area contributed by atoms with Crippen LogP contribution < -0.4 is 11.1 Å². The summed E-state index contributed by atoms with van der Waals surface area (Å²) in [7, 11) is 0. The summed E-state index contributed by atoms with van der Waals surface area (Å²) in [6, 6.07) is 0. The normalized spacial score (nSPS) is 23.6. The minimum atomic E-state index is -0.678. The Hall–Kier alpha value is -0.380. The molecule has 1 fully saturated rings. The van der Waals surface area contributed by atoms with Crippen molar-refractivity contribution in [1.82, 2.24) is 5.32 Å². The molecule has 31 heavy (non-hydrogen) atoms. The second kappa shape index (κ2) is 19.1. The molecule has 1 aliphatic heterocycles. The fourth-order valence-electron chi connectivity index (χ4n) is 3.93. The maximum atomic E-state index is 10.8. The van der Waals surface area contributed by atoms with Gasteiger partial charge in [0.25, 0.3) is 0 Å². The average Bonchev–Trinajstić information content (AvgIpc) is 3.05. The summed E-state index contributed by atoms with van der Waals surface area (Å²) < 4.78 is 12.4. The number of primary amides is 1. The Kier molecular flexibility index (Phi) is 17.7. The molecule has 0 radical (unpaired) electrons. The number of carbonyl (C=O) groups excluding carboxylic acids is 1. The SMILES string of the molecule is CCCCCCCCCCCCCCCCOC1C(O)[C@@H](CI)O[C@H]1N/C=C\C(N)=O. The lowest BCUT2D eigenvalue weighted by molar-refractivity contribution is -0.113. The molecule has 0 saturated carbocycles. The highest BCUT2D eigenvalue weighted by Gasteiger charge is 2.43. The van der Waals surface area contributed by atoms with Crippen molar-refractivity contribution in [3.05, 3.63) is 12.3 Å². The van der Waals surface area contributed by atoms with Crippen molar-refractivity contribution >= 4 is 28.5 Å². The molecular formula is C24H45IN2O4. The Morgan fingerprint density at radius 3 is 2.00 bits per heavy atom. The molecule has 0 aliphatic carbocycles. The number of halogens is 1. The first-order chi connectivity index (χ1) is 15.1. The van der Waals surface area contributed by atoms with Crippen molar-refractivity contribution in [2.75, 3.05) is 11.0 Å². The van der Waals surface area contributed by atoms with Gasteiger partial charge in [0.2, 0.25) is 5.91 Å². The van der Waals surface area contributed by atoms with Gasteiger partial charge >= 0.3 is 0 Å². The topological polar surface area (TPSA) is 93.8 Å². The van der Waals surface area contributed by atoms with Crippen LogP contribution in [0.2, 0.25) is 0 Å². The van der Waals surface area contributed by atoms with Gasteiger partial charge in [0.05, 0.1) is 6.10 Å². The molecule has 4 atom stereocenters. The summed E-state index contributed by atoms with van der Waals surface area (Å²) in [5.41, 5.74) is 5.10. The van der Waals surface area contributed by atoms with E-state index in [9.17, 15) is 9.90 Å². The third kappa shape index (κ3) is 13.7. The Bertz CT molecular complexity index is 478. The maximum absolute atomic E-state index is 10.8. The van der Waals surface area contributed by atoms with Crippen LogP contribution >= 0.6 is 22.6 Å². The third-order valence-electron chi connectivity index (χ3n) is 5.81. The number of amides is 1. The summed E-state index contributed by atoms with van der Waals surface area (Å²) in [6.45, 7) is 2.87. The van der Waals surface area contributed by atoms with Crippen molar-refractivity contribution in [1.29, 1.82) is 0 Å². The van der Waals surface area contributed by atoms with Gasteiger partial charge < -0.3 is 25.6 Å². The Labute approximate surface area is 203 Å². The molecule has 1 amide bonds. The van der Waals surface area contributed by atoms with E-state index in [1.807, 2.05) is 0 Å².